The largest absolute Gasteiger partial charge is 0.493 e. The van der Waals surface area contributed by atoms with Crippen LogP contribution in [0, 0.1) is 13.8 Å². The molecule has 1 aliphatic rings. The molecule has 1 aliphatic carbocycles. The number of pyridine rings is 1. The zero-order chi connectivity index (χ0) is 26.1. The molecule has 0 unspecified atom stereocenters. The Kier molecular flexibility index (Phi) is 6.56. The minimum Gasteiger partial charge on any atom is -0.493 e. The van der Waals surface area contributed by atoms with Gasteiger partial charge in [-0.3, -0.25) is 0 Å². The first kappa shape index (κ1) is 24.4. The maximum atomic E-state index is 13.5. The molecule has 2 aromatic carbocycles. The lowest BCUT2D eigenvalue weighted by Crippen LogP contribution is -2.11. The van der Waals surface area contributed by atoms with E-state index in [2.05, 4.69) is 11.2 Å². The molecule has 0 radical (unpaired) electrons. The molecule has 8 nitrogen and oxygen atoms in total. The molecular formula is C29H28N2O6. The van der Waals surface area contributed by atoms with Crippen LogP contribution in [0.3, 0.4) is 0 Å². The van der Waals surface area contributed by atoms with E-state index in [4.69, 9.17) is 28.5 Å². The van der Waals surface area contributed by atoms with Crippen LogP contribution in [0.25, 0.3) is 22.6 Å². The smallest absolute Gasteiger partial charge is 0.339 e. The third kappa shape index (κ3) is 4.39. The van der Waals surface area contributed by atoms with Crippen molar-refractivity contribution in [2.45, 2.75) is 33.3 Å². The number of carbonyl (C=O) groups is 1. The highest BCUT2D eigenvalue weighted by Crippen LogP contribution is 2.41. The molecule has 0 fully saturated rings. The summed E-state index contributed by atoms with van der Waals surface area (Å²) < 4.78 is 27.5. The topological polar surface area (TPSA) is 92.9 Å². The summed E-state index contributed by atoms with van der Waals surface area (Å²) in [5.74, 6) is 1.94. The van der Waals surface area contributed by atoms with Crippen LogP contribution in [0.1, 0.15) is 50.6 Å². The summed E-state index contributed by atoms with van der Waals surface area (Å²) in [6.07, 6.45) is 3.47. The number of hydrogen-bond acceptors (Lipinski definition) is 8. The molecule has 2 aromatic heterocycles. The Morgan fingerprint density at radius 1 is 1.03 bits per heavy atom. The highest BCUT2D eigenvalue weighted by atomic mass is 16.5. The van der Waals surface area contributed by atoms with Gasteiger partial charge < -0.3 is 23.5 Å². The van der Waals surface area contributed by atoms with Gasteiger partial charge in [0.2, 0.25) is 5.75 Å². The molecule has 0 atom stereocenters. The van der Waals surface area contributed by atoms with Crippen LogP contribution in [0.5, 0.6) is 17.2 Å². The second-order valence-electron chi connectivity index (χ2n) is 8.84. The third-order valence-corrected chi connectivity index (χ3v) is 6.70. The molecule has 4 aromatic rings. The fourth-order valence-electron chi connectivity index (χ4n) is 4.82. The van der Waals surface area contributed by atoms with E-state index in [-0.39, 0.29) is 12.6 Å². The number of esters is 1. The van der Waals surface area contributed by atoms with E-state index in [0.717, 1.165) is 45.3 Å². The van der Waals surface area contributed by atoms with Gasteiger partial charge in [-0.05, 0) is 67.7 Å². The number of nitrogens with zero attached hydrogens (tertiary/aromatic N) is 2. The van der Waals surface area contributed by atoms with Gasteiger partial charge in [0.1, 0.15) is 12.4 Å². The van der Waals surface area contributed by atoms with Crippen LogP contribution in [0.2, 0.25) is 0 Å². The number of methoxy groups -OCH3 is 3. The molecule has 37 heavy (non-hydrogen) atoms. The number of benzene rings is 2. The van der Waals surface area contributed by atoms with Crippen molar-refractivity contribution in [1.82, 2.24) is 10.1 Å². The zero-order valence-electron chi connectivity index (χ0n) is 21.5. The Bertz CT molecular complexity index is 1490. The second kappa shape index (κ2) is 9.97. The zero-order valence-corrected chi connectivity index (χ0v) is 21.5. The van der Waals surface area contributed by atoms with Crippen molar-refractivity contribution in [1.29, 1.82) is 0 Å². The highest BCUT2D eigenvalue weighted by molar-refractivity contribution is 6.07. The van der Waals surface area contributed by atoms with Gasteiger partial charge in [0, 0.05) is 5.39 Å². The van der Waals surface area contributed by atoms with Crippen LogP contribution in [-0.2, 0) is 17.8 Å². The van der Waals surface area contributed by atoms with E-state index in [1.165, 1.54) is 0 Å². The van der Waals surface area contributed by atoms with Gasteiger partial charge in [0.15, 0.2) is 11.5 Å². The van der Waals surface area contributed by atoms with Crippen molar-refractivity contribution < 1.29 is 28.3 Å². The number of allylic oxidation sites excluding steroid dienone is 1. The lowest BCUT2D eigenvalue weighted by Gasteiger charge is -2.14. The van der Waals surface area contributed by atoms with Crippen molar-refractivity contribution in [3.63, 3.8) is 0 Å². The molecule has 0 aliphatic heterocycles. The van der Waals surface area contributed by atoms with E-state index in [9.17, 15) is 4.79 Å². The fraction of sp³-hybridized carbons (Fsp3) is 0.276. The number of hydrogen-bond donors (Lipinski definition) is 0. The number of fused-ring (bicyclic) bond motifs is 2. The van der Waals surface area contributed by atoms with E-state index >= 15 is 0 Å². The normalized spacial score (nSPS) is 13.6. The van der Waals surface area contributed by atoms with Crippen molar-refractivity contribution >= 4 is 28.5 Å². The summed E-state index contributed by atoms with van der Waals surface area (Å²) >= 11 is 0. The molecule has 2 heterocycles. The summed E-state index contributed by atoms with van der Waals surface area (Å²) in [7, 11) is 4.76. The lowest BCUT2D eigenvalue weighted by atomic mass is 10.0. The SMILES string of the molecule is COc1cc(/C=C2\CCc3c2nc2ccccc2c3C(=O)OCc2c(C)noc2C)cc(OC)c1OC. The lowest BCUT2D eigenvalue weighted by molar-refractivity contribution is 0.0472. The highest BCUT2D eigenvalue weighted by Gasteiger charge is 2.28. The molecule has 0 saturated carbocycles. The minimum absolute atomic E-state index is 0.0968. The minimum atomic E-state index is -0.385. The molecule has 0 spiro atoms. The Hall–Kier alpha value is -4.33. The number of rotatable bonds is 7. The molecule has 0 saturated heterocycles. The molecule has 0 N–H and O–H groups in total. The van der Waals surface area contributed by atoms with E-state index in [1.54, 1.807) is 21.3 Å². The summed E-state index contributed by atoms with van der Waals surface area (Å²) in [6.45, 7) is 3.74. The van der Waals surface area contributed by atoms with Gasteiger partial charge in [-0.15, -0.1) is 0 Å². The monoisotopic (exact) mass is 500 g/mol. The first-order valence-corrected chi connectivity index (χ1v) is 12.0. The van der Waals surface area contributed by atoms with Gasteiger partial charge >= 0.3 is 5.97 Å². The molecule has 5 rings (SSSR count). The van der Waals surface area contributed by atoms with Crippen LogP contribution in [-0.4, -0.2) is 37.4 Å². The molecule has 190 valence electrons. The molecule has 0 amide bonds. The van der Waals surface area contributed by atoms with E-state index in [1.807, 2.05) is 50.2 Å². The van der Waals surface area contributed by atoms with E-state index < -0.39 is 0 Å². The average Bonchev–Trinajstić information content (AvgIpc) is 3.46. The van der Waals surface area contributed by atoms with Crippen molar-refractivity contribution in [2.24, 2.45) is 0 Å². The van der Waals surface area contributed by atoms with Gasteiger partial charge in [0.05, 0.1) is 49.4 Å². The average molecular weight is 501 g/mol. The van der Waals surface area contributed by atoms with Crippen molar-refractivity contribution in [2.75, 3.05) is 21.3 Å². The standard InChI is InChI=1S/C29H28N2O6/c1-16-22(17(2)37-31-16)15-36-29(32)26-20-8-6-7-9-23(20)30-27-19(10-11-21(26)27)12-18-13-24(33-3)28(35-5)25(14-18)34-4/h6-9,12-14H,10-11,15H2,1-5H3/b19-12+. The number of aromatic nitrogens is 2. The maximum absolute atomic E-state index is 13.5. The maximum Gasteiger partial charge on any atom is 0.339 e. The summed E-state index contributed by atoms with van der Waals surface area (Å²) in [5.41, 5.74) is 6.39. The van der Waals surface area contributed by atoms with Crippen LogP contribution >= 0.6 is 0 Å². The van der Waals surface area contributed by atoms with Crippen molar-refractivity contribution in [3.8, 4) is 17.2 Å². The number of carbonyl (C=O) groups excluding carboxylic acids is 1. The first-order valence-electron chi connectivity index (χ1n) is 12.0. The Morgan fingerprint density at radius 2 is 1.76 bits per heavy atom. The third-order valence-electron chi connectivity index (χ3n) is 6.70. The van der Waals surface area contributed by atoms with Crippen molar-refractivity contribution in [3.05, 3.63) is 75.8 Å². The van der Waals surface area contributed by atoms with Gasteiger partial charge in [0.25, 0.3) is 0 Å². The summed E-state index contributed by atoms with van der Waals surface area (Å²) in [6, 6.07) is 11.4. The van der Waals surface area contributed by atoms with Crippen LogP contribution < -0.4 is 14.2 Å². The van der Waals surface area contributed by atoms with E-state index in [0.29, 0.717) is 40.7 Å². The molecule has 0 bridgehead atoms. The number of ether oxygens (including phenoxy) is 4. The van der Waals surface area contributed by atoms with Gasteiger partial charge in [-0.25, -0.2) is 9.78 Å². The quantitative estimate of drug-likeness (QED) is 0.298. The fourth-order valence-corrected chi connectivity index (χ4v) is 4.82. The van der Waals surface area contributed by atoms with Crippen LogP contribution in [0.4, 0.5) is 0 Å². The Balaban J connectivity index is 1.57. The number of para-hydroxylation sites is 1. The summed E-state index contributed by atoms with van der Waals surface area (Å²) in [4.78, 5) is 18.4. The molecule has 8 heteroatoms. The summed E-state index contributed by atoms with van der Waals surface area (Å²) in [5, 5.41) is 4.73. The predicted molar refractivity (Wildman–Crippen MR) is 139 cm³/mol. The van der Waals surface area contributed by atoms with Crippen LogP contribution in [0.15, 0.2) is 40.9 Å². The van der Waals surface area contributed by atoms with Gasteiger partial charge in [-0.2, -0.15) is 0 Å². The Labute approximate surface area is 214 Å². The number of aryl methyl sites for hydroxylation is 2. The predicted octanol–water partition coefficient (Wildman–Crippen LogP) is 5.71. The first-order chi connectivity index (χ1) is 17.9. The Morgan fingerprint density at radius 3 is 2.41 bits per heavy atom. The molecular weight excluding hydrogens is 472 g/mol. The van der Waals surface area contributed by atoms with Gasteiger partial charge in [-0.1, -0.05) is 23.4 Å². The second-order valence-corrected chi connectivity index (χ2v) is 8.84.